The fraction of sp³-hybridized carbons (Fsp3) is 0.444. The van der Waals surface area contributed by atoms with E-state index in [1.54, 1.807) is 4.90 Å². The van der Waals surface area contributed by atoms with Crippen LogP contribution in [-0.4, -0.2) is 53.7 Å². The minimum absolute atomic E-state index is 0.0535. The van der Waals surface area contributed by atoms with Gasteiger partial charge in [-0.1, -0.05) is 69.3 Å². The Bertz CT molecular complexity index is 1040. The summed E-state index contributed by atoms with van der Waals surface area (Å²) in [4.78, 5) is 39.0. The van der Waals surface area contributed by atoms with Crippen LogP contribution in [0.4, 0.5) is 4.79 Å². The number of carboxylic acids is 1. The molecular weight excluding hydrogens is 432 g/mol. The summed E-state index contributed by atoms with van der Waals surface area (Å²) in [5.41, 5.74) is 4.56. The van der Waals surface area contributed by atoms with Gasteiger partial charge < -0.3 is 20.1 Å². The first-order chi connectivity index (χ1) is 16.3. The molecule has 0 spiro atoms. The van der Waals surface area contributed by atoms with E-state index in [-0.39, 0.29) is 30.3 Å². The highest BCUT2D eigenvalue weighted by Crippen LogP contribution is 2.44. The van der Waals surface area contributed by atoms with Crippen molar-refractivity contribution in [2.75, 3.05) is 19.7 Å². The number of piperidine rings is 1. The number of ether oxygens (including phenoxy) is 1. The summed E-state index contributed by atoms with van der Waals surface area (Å²) in [6, 6.07) is 15.5. The quantitative estimate of drug-likeness (QED) is 0.671. The van der Waals surface area contributed by atoms with E-state index in [1.165, 1.54) is 0 Å². The zero-order valence-electron chi connectivity index (χ0n) is 19.9. The molecule has 2 N–H and O–H groups in total. The van der Waals surface area contributed by atoms with Crippen LogP contribution in [0.1, 0.15) is 44.2 Å². The van der Waals surface area contributed by atoms with Crippen LogP contribution >= 0.6 is 0 Å². The Morgan fingerprint density at radius 3 is 2.18 bits per heavy atom. The molecule has 2 aliphatic rings. The van der Waals surface area contributed by atoms with Crippen molar-refractivity contribution in [1.29, 1.82) is 0 Å². The van der Waals surface area contributed by atoms with E-state index in [9.17, 15) is 19.5 Å². The Hall–Kier alpha value is -3.35. The second-order valence-corrected chi connectivity index (χ2v) is 9.69. The number of rotatable bonds is 6. The summed E-state index contributed by atoms with van der Waals surface area (Å²) in [5, 5.41) is 12.1. The fourth-order valence-electron chi connectivity index (χ4n) is 5.19. The van der Waals surface area contributed by atoms with E-state index in [0.29, 0.717) is 19.5 Å². The van der Waals surface area contributed by atoms with Crippen molar-refractivity contribution in [1.82, 2.24) is 10.2 Å². The SMILES string of the molecule is CC1CN(C(=O)[C@H](NC(=O)OCC2c3ccccc3-c3ccccc32)C(C)C)CCC1C(=O)O. The molecule has 2 amide bonds. The molecule has 7 nitrogen and oxygen atoms in total. The topological polar surface area (TPSA) is 95.9 Å². The molecule has 2 aromatic carbocycles. The number of benzene rings is 2. The van der Waals surface area contributed by atoms with Gasteiger partial charge in [0.15, 0.2) is 0 Å². The number of nitrogens with zero attached hydrogens (tertiary/aromatic N) is 1. The normalized spacial score (nSPS) is 20.4. The maximum atomic E-state index is 13.2. The minimum Gasteiger partial charge on any atom is -0.481 e. The second kappa shape index (κ2) is 9.87. The summed E-state index contributed by atoms with van der Waals surface area (Å²) >= 11 is 0. The molecule has 0 bridgehead atoms. The Kier molecular flexibility index (Phi) is 6.91. The third-order valence-corrected chi connectivity index (χ3v) is 7.08. The molecule has 1 aliphatic carbocycles. The van der Waals surface area contributed by atoms with Gasteiger partial charge in [-0.05, 0) is 40.5 Å². The van der Waals surface area contributed by atoms with Crippen molar-refractivity contribution in [3.05, 3.63) is 59.7 Å². The highest BCUT2D eigenvalue weighted by Gasteiger charge is 2.37. The van der Waals surface area contributed by atoms with Gasteiger partial charge in [-0.15, -0.1) is 0 Å². The molecular formula is C27H32N2O5. The molecule has 4 rings (SSSR count). The van der Waals surface area contributed by atoms with Crippen LogP contribution in [0.15, 0.2) is 48.5 Å². The number of fused-ring (bicyclic) bond motifs is 3. The van der Waals surface area contributed by atoms with Crippen molar-refractivity contribution in [2.45, 2.75) is 39.2 Å². The van der Waals surface area contributed by atoms with Crippen molar-refractivity contribution >= 4 is 18.0 Å². The number of aliphatic carboxylic acids is 1. The lowest BCUT2D eigenvalue weighted by molar-refractivity contribution is -0.149. The number of likely N-dealkylation sites (tertiary alicyclic amines) is 1. The first-order valence-corrected chi connectivity index (χ1v) is 11.9. The number of amides is 2. The molecule has 1 aliphatic heterocycles. The van der Waals surface area contributed by atoms with Gasteiger partial charge in [0.1, 0.15) is 12.6 Å². The van der Waals surface area contributed by atoms with Crippen LogP contribution in [0.2, 0.25) is 0 Å². The molecule has 0 saturated carbocycles. The van der Waals surface area contributed by atoms with Crippen LogP contribution in [-0.2, 0) is 14.3 Å². The molecule has 0 radical (unpaired) electrons. The van der Waals surface area contributed by atoms with Gasteiger partial charge in [0.25, 0.3) is 0 Å². The lowest BCUT2D eigenvalue weighted by Crippen LogP contribution is -2.55. The number of hydrogen-bond donors (Lipinski definition) is 2. The number of alkyl carbamates (subject to hydrolysis) is 1. The van der Waals surface area contributed by atoms with Gasteiger partial charge in [-0.2, -0.15) is 0 Å². The molecule has 34 heavy (non-hydrogen) atoms. The number of carbonyl (C=O) groups is 3. The number of hydrogen-bond acceptors (Lipinski definition) is 4. The van der Waals surface area contributed by atoms with Crippen LogP contribution in [0.5, 0.6) is 0 Å². The van der Waals surface area contributed by atoms with Crippen molar-refractivity contribution in [2.24, 2.45) is 17.8 Å². The van der Waals surface area contributed by atoms with Crippen molar-refractivity contribution in [3.8, 4) is 11.1 Å². The van der Waals surface area contributed by atoms with Gasteiger partial charge in [-0.25, -0.2) is 4.79 Å². The van der Waals surface area contributed by atoms with Crippen molar-refractivity contribution in [3.63, 3.8) is 0 Å². The summed E-state index contributed by atoms with van der Waals surface area (Å²) in [5.74, 6) is -1.80. The second-order valence-electron chi connectivity index (χ2n) is 9.69. The predicted octanol–water partition coefficient (Wildman–Crippen LogP) is 4.12. The van der Waals surface area contributed by atoms with Crippen LogP contribution in [0.25, 0.3) is 11.1 Å². The van der Waals surface area contributed by atoms with E-state index >= 15 is 0 Å². The Morgan fingerprint density at radius 1 is 1.06 bits per heavy atom. The largest absolute Gasteiger partial charge is 0.481 e. The van der Waals surface area contributed by atoms with E-state index in [2.05, 4.69) is 29.6 Å². The average molecular weight is 465 g/mol. The summed E-state index contributed by atoms with van der Waals surface area (Å²) in [6.45, 7) is 6.52. The van der Waals surface area contributed by atoms with Gasteiger partial charge in [0, 0.05) is 19.0 Å². The standard InChI is InChI=1S/C27H32N2O5/c1-16(2)24(25(30)29-13-12-18(26(31)32)17(3)14-29)28-27(33)34-15-23-21-10-6-4-8-19(21)20-9-5-7-11-22(20)23/h4-11,16-18,23-24H,12-15H2,1-3H3,(H,28,33)(H,31,32)/t17?,18?,24-/m1/s1. The third-order valence-electron chi connectivity index (χ3n) is 7.08. The highest BCUT2D eigenvalue weighted by atomic mass is 16.5. The maximum absolute atomic E-state index is 13.2. The molecule has 1 saturated heterocycles. The van der Waals surface area contributed by atoms with Gasteiger partial charge in [0.2, 0.25) is 5.91 Å². The summed E-state index contributed by atoms with van der Waals surface area (Å²) in [6.07, 6.45) is -0.208. The monoisotopic (exact) mass is 464 g/mol. The predicted molar refractivity (Wildman–Crippen MR) is 128 cm³/mol. The number of nitrogens with one attached hydrogen (secondary N) is 1. The molecule has 180 valence electrons. The van der Waals surface area contributed by atoms with Crippen LogP contribution < -0.4 is 5.32 Å². The smallest absolute Gasteiger partial charge is 0.407 e. The van der Waals surface area contributed by atoms with Gasteiger partial charge >= 0.3 is 12.1 Å². The molecule has 1 heterocycles. The molecule has 2 aromatic rings. The van der Waals surface area contributed by atoms with Gasteiger partial charge in [-0.3, -0.25) is 9.59 Å². The third kappa shape index (κ3) is 4.65. The van der Waals surface area contributed by atoms with Crippen molar-refractivity contribution < 1.29 is 24.2 Å². The highest BCUT2D eigenvalue weighted by molar-refractivity contribution is 5.86. The maximum Gasteiger partial charge on any atom is 0.407 e. The Balaban J connectivity index is 1.40. The van der Waals surface area contributed by atoms with Gasteiger partial charge in [0.05, 0.1) is 5.92 Å². The summed E-state index contributed by atoms with van der Waals surface area (Å²) in [7, 11) is 0. The lowest BCUT2D eigenvalue weighted by atomic mass is 9.86. The fourth-order valence-corrected chi connectivity index (χ4v) is 5.19. The zero-order valence-corrected chi connectivity index (χ0v) is 19.9. The molecule has 1 fully saturated rings. The van der Waals surface area contributed by atoms with E-state index < -0.39 is 24.0 Å². The molecule has 3 atom stereocenters. The Labute approximate surface area is 200 Å². The zero-order chi connectivity index (χ0) is 24.4. The average Bonchev–Trinajstić information content (AvgIpc) is 3.14. The first-order valence-electron chi connectivity index (χ1n) is 11.9. The first kappa shape index (κ1) is 23.8. The van der Waals surface area contributed by atoms with Crippen LogP contribution in [0.3, 0.4) is 0 Å². The van der Waals surface area contributed by atoms with E-state index in [1.807, 2.05) is 45.0 Å². The molecule has 0 aromatic heterocycles. The summed E-state index contributed by atoms with van der Waals surface area (Å²) < 4.78 is 5.63. The Morgan fingerprint density at radius 2 is 1.65 bits per heavy atom. The molecule has 2 unspecified atom stereocenters. The molecule has 7 heteroatoms. The minimum atomic E-state index is -0.822. The number of carbonyl (C=O) groups excluding carboxylic acids is 2. The van der Waals surface area contributed by atoms with Crippen LogP contribution in [0, 0.1) is 17.8 Å². The number of carboxylic acid groups (broad SMARTS) is 1. The lowest BCUT2D eigenvalue weighted by Gasteiger charge is -2.37. The van der Waals surface area contributed by atoms with E-state index in [0.717, 1.165) is 22.3 Å². The van der Waals surface area contributed by atoms with E-state index in [4.69, 9.17) is 4.74 Å².